The van der Waals surface area contributed by atoms with Crippen LogP contribution in [0.3, 0.4) is 0 Å². The molecule has 0 unspecified atom stereocenters. The van der Waals surface area contributed by atoms with Crippen LogP contribution in [0.15, 0.2) is 35.4 Å². The average molecular weight is 266 g/mol. The van der Waals surface area contributed by atoms with Crippen LogP contribution < -0.4 is 5.32 Å². The van der Waals surface area contributed by atoms with Crippen molar-refractivity contribution < 1.29 is 9.59 Å². The van der Waals surface area contributed by atoms with Gasteiger partial charge >= 0.3 is 0 Å². The van der Waals surface area contributed by atoms with Crippen molar-refractivity contribution >= 4 is 23.4 Å². The van der Waals surface area contributed by atoms with Gasteiger partial charge in [-0.1, -0.05) is 43.7 Å². The quantitative estimate of drug-likeness (QED) is 0.832. The van der Waals surface area contributed by atoms with Gasteiger partial charge in [0.25, 0.3) is 11.8 Å². The van der Waals surface area contributed by atoms with Crippen molar-refractivity contribution in [2.45, 2.75) is 26.7 Å². The highest BCUT2D eigenvalue weighted by atomic mass is 35.5. The number of halogens is 1. The molecule has 0 bridgehead atoms. The van der Waals surface area contributed by atoms with E-state index < -0.39 is 0 Å². The minimum Gasteiger partial charge on any atom is -0.288 e. The van der Waals surface area contributed by atoms with Crippen LogP contribution in [0.1, 0.15) is 47.4 Å². The zero-order valence-electron chi connectivity index (χ0n) is 10.5. The van der Waals surface area contributed by atoms with Gasteiger partial charge in [0.05, 0.1) is 11.1 Å². The molecule has 1 aromatic rings. The fourth-order valence-corrected chi connectivity index (χ4v) is 1.64. The van der Waals surface area contributed by atoms with Gasteiger partial charge in [-0.3, -0.25) is 14.9 Å². The Balaban J connectivity index is 0.000000203. The minimum atomic E-state index is -0.300. The number of carbonyl (C=O) groups is 2. The van der Waals surface area contributed by atoms with Crippen molar-refractivity contribution in [1.82, 2.24) is 5.32 Å². The Kier molecular flexibility index (Phi) is 5.59. The molecule has 1 N–H and O–H groups in total. The molecule has 0 saturated heterocycles. The first-order valence-corrected chi connectivity index (χ1v) is 6.27. The van der Waals surface area contributed by atoms with Gasteiger partial charge in [0.15, 0.2) is 0 Å². The van der Waals surface area contributed by atoms with Gasteiger partial charge in [0.1, 0.15) is 0 Å². The SMILES string of the molecule is CC/C=C(/Cl)CC.O=C1NC(=O)c2ccccc21. The summed E-state index contributed by atoms with van der Waals surface area (Å²) in [6.45, 7) is 4.13. The highest BCUT2D eigenvalue weighted by Crippen LogP contribution is 2.13. The molecule has 3 nitrogen and oxygen atoms in total. The number of benzene rings is 1. The molecule has 1 aliphatic heterocycles. The first kappa shape index (κ1) is 14.5. The van der Waals surface area contributed by atoms with Crippen LogP contribution in [0.2, 0.25) is 0 Å². The van der Waals surface area contributed by atoms with Gasteiger partial charge in [-0.05, 0) is 25.0 Å². The van der Waals surface area contributed by atoms with Gasteiger partial charge in [0, 0.05) is 5.03 Å². The molecule has 1 heterocycles. The van der Waals surface area contributed by atoms with Crippen LogP contribution in [0, 0.1) is 0 Å². The molecule has 18 heavy (non-hydrogen) atoms. The molecule has 0 radical (unpaired) electrons. The molecule has 0 spiro atoms. The zero-order chi connectivity index (χ0) is 13.5. The number of hydrogen-bond acceptors (Lipinski definition) is 2. The van der Waals surface area contributed by atoms with E-state index in [4.69, 9.17) is 11.6 Å². The number of allylic oxidation sites excluding steroid dienone is 2. The van der Waals surface area contributed by atoms with E-state index in [9.17, 15) is 9.59 Å². The number of carbonyl (C=O) groups excluding carboxylic acids is 2. The second kappa shape index (κ2) is 6.97. The average Bonchev–Trinajstić information content (AvgIpc) is 2.67. The summed E-state index contributed by atoms with van der Waals surface area (Å²) in [4.78, 5) is 21.9. The third-order valence-corrected chi connectivity index (χ3v) is 2.83. The van der Waals surface area contributed by atoms with E-state index in [0.29, 0.717) is 11.1 Å². The fraction of sp³-hybridized carbons (Fsp3) is 0.286. The number of imide groups is 1. The molecule has 0 aliphatic carbocycles. The Labute approximate surface area is 112 Å². The number of nitrogens with one attached hydrogen (secondary N) is 1. The standard InChI is InChI=1S/C8H5NO2.C6H11Cl/c10-7-5-3-1-2-4-6(5)8(11)9-7;1-3-5-6(7)4-2/h1-4H,(H,9,10,11);5H,3-4H2,1-2H3/b;6-5+. The van der Waals surface area contributed by atoms with Crippen molar-refractivity contribution in [2.24, 2.45) is 0 Å². The van der Waals surface area contributed by atoms with Gasteiger partial charge in [-0.2, -0.15) is 0 Å². The van der Waals surface area contributed by atoms with Crippen molar-refractivity contribution in [3.8, 4) is 0 Å². The lowest BCUT2D eigenvalue weighted by Crippen LogP contribution is -2.19. The van der Waals surface area contributed by atoms with E-state index in [1.54, 1.807) is 24.3 Å². The number of hydrogen-bond donors (Lipinski definition) is 1. The maximum atomic E-state index is 10.9. The van der Waals surface area contributed by atoms with E-state index in [2.05, 4.69) is 19.2 Å². The summed E-state index contributed by atoms with van der Waals surface area (Å²) in [5.74, 6) is -0.601. The Morgan fingerprint density at radius 2 is 1.67 bits per heavy atom. The zero-order valence-corrected chi connectivity index (χ0v) is 11.3. The molecule has 4 heteroatoms. The van der Waals surface area contributed by atoms with E-state index >= 15 is 0 Å². The largest absolute Gasteiger partial charge is 0.288 e. The van der Waals surface area contributed by atoms with Crippen molar-refractivity contribution in [3.05, 3.63) is 46.5 Å². The molecule has 0 atom stereocenters. The highest BCUT2D eigenvalue weighted by molar-refractivity contribution is 6.29. The predicted octanol–water partition coefficient (Wildman–Crippen LogP) is 3.50. The molecule has 0 fully saturated rings. The molecule has 2 rings (SSSR count). The van der Waals surface area contributed by atoms with Crippen LogP contribution in [0.4, 0.5) is 0 Å². The normalized spacial score (nSPS) is 13.6. The third kappa shape index (κ3) is 3.70. The van der Waals surface area contributed by atoms with E-state index in [-0.39, 0.29) is 11.8 Å². The highest BCUT2D eigenvalue weighted by Gasteiger charge is 2.25. The smallest absolute Gasteiger partial charge is 0.258 e. The maximum absolute atomic E-state index is 10.9. The molecule has 1 aliphatic rings. The first-order chi connectivity index (χ1) is 8.60. The molecule has 2 amide bonds. The van der Waals surface area contributed by atoms with Gasteiger partial charge in [0.2, 0.25) is 0 Å². The predicted molar refractivity (Wildman–Crippen MR) is 72.8 cm³/mol. The second-order valence-electron chi connectivity index (χ2n) is 3.74. The van der Waals surface area contributed by atoms with Crippen LogP contribution >= 0.6 is 11.6 Å². The fourth-order valence-electron chi connectivity index (χ4n) is 1.48. The lowest BCUT2D eigenvalue weighted by atomic mass is 10.1. The third-order valence-electron chi connectivity index (χ3n) is 2.41. The van der Waals surface area contributed by atoms with E-state index in [0.717, 1.165) is 17.9 Å². The lowest BCUT2D eigenvalue weighted by Gasteiger charge is -1.88. The molecular formula is C14H16ClNO2. The Morgan fingerprint density at radius 1 is 1.17 bits per heavy atom. The summed E-state index contributed by atoms with van der Waals surface area (Å²) in [6, 6.07) is 6.74. The van der Waals surface area contributed by atoms with Gasteiger partial charge in [-0.15, -0.1) is 0 Å². The monoisotopic (exact) mass is 265 g/mol. The molecule has 1 aromatic carbocycles. The van der Waals surface area contributed by atoms with Crippen molar-refractivity contribution in [1.29, 1.82) is 0 Å². The summed E-state index contributed by atoms with van der Waals surface area (Å²) in [5, 5.41) is 3.18. The van der Waals surface area contributed by atoms with Gasteiger partial charge < -0.3 is 0 Å². The van der Waals surface area contributed by atoms with Crippen molar-refractivity contribution in [2.75, 3.05) is 0 Å². The van der Waals surface area contributed by atoms with Crippen LogP contribution in [0.5, 0.6) is 0 Å². The molecule has 96 valence electrons. The number of fused-ring (bicyclic) bond motifs is 1. The summed E-state index contributed by atoms with van der Waals surface area (Å²) in [7, 11) is 0. The molecule has 0 aromatic heterocycles. The lowest BCUT2D eigenvalue weighted by molar-refractivity contribution is 0.0879. The first-order valence-electron chi connectivity index (χ1n) is 5.89. The summed E-state index contributed by atoms with van der Waals surface area (Å²) >= 11 is 5.63. The van der Waals surface area contributed by atoms with Crippen LogP contribution in [-0.2, 0) is 0 Å². The van der Waals surface area contributed by atoms with E-state index in [1.165, 1.54) is 0 Å². The van der Waals surface area contributed by atoms with Gasteiger partial charge in [-0.25, -0.2) is 0 Å². The number of amides is 2. The Bertz CT molecular complexity index is 447. The summed E-state index contributed by atoms with van der Waals surface area (Å²) in [6.07, 6.45) is 4.05. The topological polar surface area (TPSA) is 46.2 Å². The van der Waals surface area contributed by atoms with Crippen LogP contribution in [0.25, 0.3) is 0 Å². The van der Waals surface area contributed by atoms with E-state index in [1.807, 2.05) is 6.08 Å². The molecule has 0 saturated carbocycles. The number of rotatable bonds is 2. The Hall–Kier alpha value is -1.61. The van der Waals surface area contributed by atoms with Crippen LogP contribution in [-0.4, -0.2) is 11.8 Å². The summed E-state index contributed by atoms with van der Waals surface area (Å²) in [5.41, 5.74) is 0.940. The molecular weight excluding hydrogens is 250 g/mol. The summed E-state index contributed by atoms with van der Waals surface area (Å²) < 4.78 is 0. The minimum absolute atomic E-state index is 0.300. The second-order valence-corrected chi connectivity index (χ2v) is 4.23. The Morgan fingerprint density at radius 3 is 2.00 bits per heavy atom. The van der Waals surface area contributed by atoms with Crippen molar-refractivity contribution in [3.63, 3.8) is 0 Å². The maximum Gasteiger partial charge on any atom is 0.258 e.